The van der Waals surface area contributed by atoms with Gasteiger partial charge in [0, 0.05) is 31.1 Å². The molecule has 3 saturated heterocycles. The van der Waals surface area contributed by atoms with Crippen LogP contribution < -0.4 is 10.6 Å². The summed E-state index contributed by atoms with van der Waals surface area (Å²) in [5, 5.41) is 4.81. The van der Waals surface area contributed by atoms with Gasteiger partial charge in [0.05, 0.1) is 5.56 Å². The van der Waals surface area contributed by atoms with Crippen LogP contribution in [0.1, 0.15) is 42.5 Å². The number of hydrogen-bond donors (Lipinski definition) is 2. The Hall–Kier alpha value is -2.62. The summed E-state index contributed by atoms with van der Waals surface area (Å²) < 4.78 is 40.6. The van der Waals surface area contributed by atoms with Crippen molar-refractivity contribution in [3.8, 4) is 0 Å². The van der Waals surface area contributed by atoms with E-state index in [0.717, 1.165) is 45.3 Å². The van der Waals surface area contributed by atoms with E-state index in [9.17, 15) is 27.6 Å². The molecule has 3 fully saturated rings. The summed E-state index contributed by atoms with van der Waals surface area (Å²) in [6.07, 6.45) is 3.99. The van der Waals surface area contributed by atoms with Crippen molar-refractivity contribution in [3.63, 3.8) is 0 Å². The van der Waals surface area contributed by atoms with Crippen molar-refractivity contribution >= 4 is 17.8 Å². The molecule has 3 heterocycles. The van der Waals surface area contributed by atoms with Gasteiger partial charge in [-0.05, 0) is 51.3 Å². The molecule has 31 heavy (non-hydrogen) atoms. The van der Waals surface area contributed by atoms with Crippen molar-refractivity contribution in [2.75, 3.05) is 32.7 Å². The summed E-state index contributed by atoms with van der Waals surface area (Å²) in [5.41, 5.74) is -0.502. The molecule has 3 aliphatic heterocycles. The molecule has 1 aromatic rings. The minimum Gasteiger partial charge on any atom is -0.338 e. The molecule has 0 aromatic heterocycles. The van der Waals surface area contributed by atoms with E-state index in [2.05, 4.69) is 15.5 Å². The van der Waals surface area contributed by atoms with E-state index >= 15 is 0 Å². The van der Waals surface area contributed by atoms with Crippen molar-refractivity contribution in [2.24, 2.45) is 5.41 Å². The Morgan fingerprint density at radius 3 is 2.52 bits per heavy atom. The van der Waals surface area contributed by atoms with Gasteiger partial charge in [0.1, 0.15) is 11.9 Å². The number of nitrogens with zero attached hydrogens (tertiary/aromatic N) is 2. The molecule has 4 rings (SSSR count). The maximum Gasteiger partial charge on any atom is 0.322 e. The monoisotopic (exact) mass is 438 g/mol. The van der Waals surface area contributed by atoms with Gasteiger partial charge >= 0.3 is 6.03 Å². The Morgan fingerprint density at radius 2 is 1.77 bits per heavy atom. The summed E-state index contributed by atoms with van der Waals surface area (Å²) in [5.74, 6) is -4.48. The molecule has 1 aromatic carbocycles. The molecule has 3 aliphatic rings. The minimum atomic E-state index is -1.31. The first-order valence-corrected chi connectivity index (χ1v) is 10.5. The highest BCUT2D eigenvalue weighted by molar-refractivity contribution is 6.04. The lowest BCUT2D eigenvalue weighted by Gasteiger charge is -2.25. The number of unbranched alkanes of at least 4 members (excludes halogenated alkanes) is 1. The molecule has 2 atom stereocenters. The number of carbonyl (C=O) groups excluding carboxylic acids is 3. The van der Waals surface area contributed by atoms with E-state index in [1.54, 1.807) is 0 Å². The van der Waals surface area contributed by atoms with E-state index in [4.69, 9.17) is 0 Å². The molecule has 168 valence electrons. The number of nitrogens with one attached hydrogen (secondary N) is 2. The number of amides is 4. The van der Waals surface area contributed by atoms with Gasteiger partial charge in [-0.15, -0.1) is 0 Å². The van der Waals surface area contributed by atoms with Gasteiger partial charge < -0.3 is 15.1 Å². The van der Waals surface area contributed by atoms with Crippen LogP contribution in [0.3, 0.4) is 0 Å². The number of rotatable bonds is 6. The van der Waals surface area contributed by atoms with Gasteiger partial charge in [0.25, 0.3) is 11.8 Å². The average Bonchev–Trinajstić information content (AvgIpc) is 3.41. The standard InChI is InChI=1S/C21H25F3N4O3/c22-14-10-16(24)15(23)9-13(14)19(30)28-8-5-21(12-28)4-7-27(11-21)6-2-1-3-17-18(29)26-20(31)25-17/h9-10,17H,1-8,11-12H2,(H2,25,26,29,31). The molecule has 10 heteroatoms. The lowest BCUT2D eigenvalue weighted by molar-refractivity contribution is -0.120. The molecule has 1 spiro atoms. The van der Waals surface area contributed by atoms with Crippen molar-refractivity contribution in [1.82, 2.24) is 20.4 Å². The predicted octanol–water partition coefficient (Wildman–Crippen LogP) is 2.02. The molecule has 7 nitrogen and oxygen atoms in total. The summed E-state index contributed by atoms with van der Waals surface area (Å²) in [6.45, 7) is 3.49. The van der Waals surface area contributed by atoms with Gasteiger partial charge in [-0.3, -0.25) is 14.9 Å². The van der Waals surface area contributed by atoms with Crippen LogP contribution in [-0.4, -0.2) is 66.4 Å². The Balaban J connectivity index is 1.25. The number of hydrogen-bond acceptors (Lipinski definition) is 4. The summed E-state index contributed by atoms with van der Waals surface area (Å²) >= 11 is 0. The van der Waals surface area contributed by atoms with E-state index in [1.165, 1.54) is 4.90 Å². The van der Waals surface area contributed by atoms with E-state index in [-0.39, 0.29) is 11.3 Å². The van der Waals surface area contributed by atoms with E-state index in [1.807, 2.05) is 0 Å². The number of benzene rings is 1. The van der Waals surface area contributed by atoms with Gasteiger partial charge in [-0.1, -0.05) is 0 Å². The van der Waals surface area contributed by atoms with Gasteiger partial charge in [-0.25, -0.2) is 18.0 Å². The third-order valence-electron chi connectivity index (χ3n) is 6.56. The number of urea groups is 1. The van der Waals surface area contributed by atoms with Gasteiger partial charge in [-0.2, -0.15) is 0 Å². The third-order valence-corrected chi connectivity index (χ3v) is 6.56. The van der Waals surface area contributed by atoms with Crippen LogP contribution in [0.2, 0.25) is 0 Å². The van der Waals surface area contributed by atoms with Crippen molar-refractivity contribution in [1.29, 1.82) is 0 Å². The van der Waals surface area contributed by atoms with Crippen LogP contribution in [0.15, 0.2) is 12.1 Å². The molecule has 2 N–H and O–H groups in total. The van der Waals surface area contributed by atoms with Crippen LogP contribution >= 0.6 is 0 Å². The second-order valence-electron chi connectivity index (χ2n) is 8.76. The lowest BCUT2D eigenvalue weighted by atomic mass is 9.86. The highest BCUT2D eigenvalue weighted by Gasteiger charge is 2.45. The second kappa shape index (κ2) is 8.49. The highest BCUT2D eigenvalue weighted by Crippen LogP contribution is 2.40. The van der Waals surface area contributed by atoms with Gasteiger partial charge in [0.15, 0.2) is 11.6 Å². The first-order valence-electron chi connectivity index (χ1n) is 10.5. The smallest absolute Gasteiger partial charge is 0.322 e. The van der Waals surface area contributed by atoms with Gasteiger partial charge in [0.2, 0.25) is 0 Å². The molecule has 0 bridgehead atoms. The quantitative estimate of drug-likeness (QED) is 0.405. The van der Waals surface area contributed by atoms with Crippen molar-refractivity contribution in [2.45, 2.75) is 38.1 Å². The third kappa shape index (κ3) is 4.53. The summed E-state index contributed by atoms with van der Waals surface area (Å²) in [4.78, 5) is 39.2. The predicted molar refractivity (Wildman–Crippen MR) is 105 cm³/mol. The van der Waals surface area contributed by atoms with Crippen LogP contribution in [0.4, 0.5) is 18.0 Å². The molecule has 4 amide bonds. The van der Waals surface area contributed by atoms with Crippen LogP contribution in [0, 0.1) is 22.9 Å². The Morgan fingerprint density at radius 1 is 1.03 bits per heavy atom. The first kappa shape index (κ1) is 21.6. The summed E-state index contributed by atoms with van der Waals surface area (Å²) in [6, 6.07) is 0.141. The first-order chi connectivity index (χ1) is 14.8. The Bertz CT molecular complexity index is 912. The van der Waals surface area contributed by atoms with Crippen LogP contribution in [-0.2, 0) is 4.79 Å². The summed E-state index contributed by atoms with van der Waals surface area (Å²) in [7, 11) is 0. The zero-order chi connectivity index (χ0) is 22.2. The average molecular weight is 438 g/mol. The molecule has 0 aliphatic carbocycles. The fourth-order valence-corrected chi connectivity index (χ4v) is 4.86. The molecule has 2 unspecified atom stereocenters. The fourth-order valence-electron chi connectivity index (χ4n) is 4.86. The zero-order valence-electron chi connectivity index (χ0n) is 17.1. The number of halogens is 3. The minimum absolute atomic E-state index is 0.0655. The molecular formula is C21H25F3N4O3. The number of likely N-dealkylation sites (tertiary alicyclic amines) is 2. The van der Waals surface area contributed by atoms with Crippen molar-refractivity contribution in [3.05, 3.63) is 35.1 Å². The number of carbonyl (C=O) groups is 3. The maximum absolute atomic E-state index is 14.0. The normalized spacial score (nSPS) is 26.0. The largest absolute Gasteiger partial charge is 0.338 e. The second-order valence-corrected chi connectivity index (χ2v) is 8.76. The molecule has 0 saturated carbocycles. The number of imide groups is 1. The van der Waals surface area contributed by atoms with Crippen LogP contribution in [0.25, 0.3) is 0 Å². The lowest BCUT2D eigenvalue weighted by Crippen LogP contribution is -2.34. The Labute approximate surface area is 177 Å². The Kier molecular flexibility index (Phi) is 5.92. The van der Waals surface area contributed by atoms with Crippen molar-refractivity contribution < 1.29 is 27.6 Å². The molecular weight excluding hydrogens is 413 g/mol. The molecule has 0 radical (unpaired) electrons. The SMILES string of the molecule is O=C1NC(=O)C(CCCCN2CCC3(CCN(C(=O)c4cc(F)c(F)cc4F)C3)C2)N1. The topological polar surface area (TPSA) is 81.8 Å². The van der Waals surface area contributed by atoms with E-state index in [0.29, 0.717) is 31.6 Å². The van der Waals surface area contributed by atoms with E-state index < -0.39 is 41.0 Å². The zero-order valence-corrected chi connectivity index (χ0v) is 17.1. The fraction of sp³-hybridized carbons (Fsp3) is 0.571. The maximum atomic E-state index is 14.0. The highest BCUT2D eigenvalue weighted by atomic mass is 19.2. The van der Waals surface area contributed by atoms with Crippen LogP contribution in [0.5, 0.6) is 0 Å².